The molecule has 2 heterocycles. The molecule has 2 aromatic carbocycles. The summed E-state index contributed by atoms with van der Waals surface area (Å²) in [4.78, 5) is 4.77. The van der Waals surface area contributed by atoms with E-state index in [1.165, 1.54) is 27.0 Å². The molecule has 1 aliphatic rings. The second-order valence-corrected chi connectivity index (χ2v) is 6.11. The van der Waals surface area contributed by atoms with Crippen molar-refractivity contribution in [2.45, 2.75) is 20.0 Å². The van der Waals surface area contributed by atoms with E-state index < -0.39 is 0 Å². The van der Waals surface area contributed by atoms with Crippen molar-refractivity contribution in [2.24, 2.45) is 0 Å². The number of aromatic nitrogens is 1. The van der Waals surface area contributed by atoms with Gasteiger partial charge in [-0.1, -0.05) is 18.2 Å². The molecule has 0 bridgehead atoms. The molecule has 0 saturated carbocycles. The molecule has 0 atom stereocenters. The first-order valence-corrected chi connectivity index (χ1v) is 7.31. The quantitative estimate of drug-likeness (QED) is 0.723. The van der Waals surface area contributed by atoms with Crippen molar-refractivity contribution in [3.05, 3.63) is 53.1 Å². The zero-order valence-electron chi connectivity index (χ0n) is 10.7. The molecule has 0 radical (unpaired) electrons. The molecule has 0 fully saturated rings. The molecule has 94 valence electrons. The van der Waals surface area contributed by atoms with Crippen LogP contribution >= 0.6 is 11.3 Å². The molecule has 1 aromatic heterocycles. The Labute approximate surface area is 116 Å². The van der Waals surface area contributed by atoms with Gasteiger partial charge < -0.3 is 5.32 Å². The van der Waals surface area contributed by atoms with Crippen molar-refractivity contribution in [2.75, 3.05) is 0 Å². The minimum absolute atomic E-state index is 0.979. The van der Waals surface area contributed by atoms with E-state index in [0.29, 0.717) is 0 Å². The van der Waals surface area contributed by atoms with E-state index in [0.717, 1.165) is 23.6 Å². The van der Waals surface area contributed by atoms with Crippen molar-refractivity contribution < 1.29 is 0 Å². The molecule has 4 rings (SSSR count). The van der Waals surface area contributed by atoms with Gasteiger partial charge in [0, 0.05) is 18.7 Å². The summed E-state index contributed by atoms with van der Waals surface area (Å²) in [5, 5.41) is 4.50. The van der Waals surface area contributed by atoms with Gasteiger partial charge in [-0.05, 0) is 41.8 Å². The molecule has 0 spiro atoms. The highest BCUT2D eigenvalue weighted by atomic mass is 32.1. The Hall–Kier alpha value is -1.71. The Morgan fingerprint density at radius 3 is 2.89 bits per heavy atom. The number of benzene rings is 2. The third-order valence-electron chi connectivity index (χ3n) is 3.63. The van der Waals surface area contributed by atoms with E-state index in [1.807, 2.05) is 0 Å². The van der Waals surface area contributed by atoms with Crippen molar-refractivity contribution in [3.63, 3.8) is 0 Å². The molecule has 3 aromatic rings. The van der Waals surface area contributed by atoms with E-state index in [1.54, 1.807) is 11.3 Å². The van der Waals surface area contributed by atoms with Crippen molar-refractivity contribution in [1.82, 2.24) is 10.3 Å². The van der Waals surface area contributed by atoms with Gasteiger partial charge >= 0.3 is 0 Å². The maximum absolute atomic E-state index is 4.77. The molecule has 2 nitrogen and oxygen atoms in total. The summed E-state index contributed by atoms with van der Waals surface area (Å²) >= 11 is 1.77. The van der Waals surface area contributed by atoms with Crippen LogP contribution < -0.4 is 5.32 Å². The van der Waals surface area contributed by atoms with Gasteiger partial charge in [0.15, 0.2) is 0 Å². The van der Waals surface area contributed by atoms with Crippen molar-refractivity contribution >= 4 is 21.6 Å². The lowest BCUT2D eigenvalue weighted by Gasteiger charge is -2.00. The highest BCUT2D eigenvalue weighted by Crippen LogP contribution is 2.32. The largest absolute Gasteiger partial charge is 0.309 e. The molecule has 0 aliphatic carbocycles. The van der Waals surface area contributed by atoms with Crippen LogP contribution in [0.5, 0.6) is 0 Å². The van der Waals surface area contributed by atoms with Crippen LogP contribution in [0.4, 0.5) is 0 Å². The van der Waals surface area contributed by atoms with E-state index in [2.05, 4.69) is 48.6 Å². The standard InChI is InChI=1S/C16H14N2S/c1-10-2-5-15-14(6-10)18-16(19-15)11-3-4-12-8-17-9-13(12)7-11/h2-7,17H,8-9H2,1H3. The maximum atomic E-state index is 4.77. The molecule has 19 heavy (non-hydrogen) atoms. The average Bonchev–Trinajstić information content (AvgIpc) is 3.02. The monoisotopic (exact) mass is 266 g/mol. The number of aryl methyl sites for hydroxylation is 1. The number of nitrogens with one attached hydrogen (secondary N) is 1. The lowest BCUT2D eigenvalue weighted by Crippen LogP contribution is -1.99. The lowest BCUT2D eigenvalue weighted by molar-refractivity contribution is 0.765. The Morgan fingerprint density at radius 2 is 1.95 bits per heavy atom. The van der Waals surface area contributed by atoms with Gasteiger partial charge in [-0.2, -0.15) is 0 Å². The maximum Gasteiger partial charge on any atom is 0.124 e. The number of nitrogens with zero attached hydrogens (tertiary/aromatic N) is 1. The minimum Gasteiger partial charge on any atom is -0.309 e. The first kappa shape index (κ1) is 11.1. The molecule has 3 heteroatoms. The Morgan fingerprint density at radius 1 is 1.05 bits per heavy atom. The van der Waals surface area contributed by atoms with Crippen LogP contribution in [0.3, 0.4) is 0 Å². The topological polar surface area (TPSA) is 24.9 Å². The van der Waals surface area contributed by atoms with E-state index >= 15 is 0 Å². The molecule has 1 aliphatic heterocycles. The number of thiazole rings is 1. The summed E-state index contributed by atoms with van der Waals surface area (Å²) in [5.74, 6) is 0. The molecule has 0 saturated heterocycles. The van der Waals surface area contributed by atoms with Crippen LogP contribution in [0, 0.1) is 6.92 Å². The predicted molar refractivity (Wildman–Crippen MR) is 80.3 cm³/mol. The SMILES string of the molecule is Cc1ccc2sc(-c3ccc4c(c3)CNC4)nc2c1. The zero-order valence-corrected chi connectivity index (χ0v) is 11.6. The minimum atomic E-state index is 0.979. The molecular weight excluding hydrogens is 252 g/mol. The van der Waals surface area contributed by atoms with E-state index in [-0.39, 0.29) is 0 Å². The van der Waals surface area contributed by atoms with Crippen LogP contribution in [0.15, 0.2) is 36.4 Å². The molecule has 1 N–H and O–H groups in total. The summed E-state index contributed by atoms with van der Waals surface area (Å²) in [6, 6.07) is 13.2. The van der Waals surface area contributed by atoms with Gasteiger partial charge in [0.1, 0.15) is 5.01 Å². The molecule has 0 unspecified atom stereocenters. The highest BCUT2D eigenvalue weighted by Gasteiger charge is 2.12. The fourth-order valence-electron chi connectivity index (χ4n) is 2.59. The van der Waals surface area contributed by atoms with Crippen molar-refractivity contribution in [3.8, 4) is 10.6 Å². The molecular formula is C16H14N2S. The summed E-state index contributed by atoms with van der Waals surface area (Å²) in [5.41, 5.74) is 6.44. The van der Waals surface area contributed by atoms with Crippen molar-refractivity contribution in [1.29, 1.82) is 0 Å². The fourth-order valence-corrected chi connectivity index (χ4v) is 3.53. The average molecular weight is 266 g/mol. The summed E-state index contributed by atoms with van der Waals surface area (Å²) in [6.07, 6.45) is 0. The highest BCUT2D eigenvalue weighted by molar-refractivity contribution is 7.21. The fraction of sp³-hybridized carbons (Fsp3) is 0.188. The Bertz CT molecular complexity index is 774. The first-order valence-electron chi connectivity index (χ1n) is 6.50. The van der Waals surface area contributed by atoms with E-state index in [4.69, 9.17) is 4.98 Å². The third kappa shape index (κ3) is 1.86. The first-order chi connectivity index (χ1) is 9.29. The lowest BCUT2D eigenvalue weighted by atomic mass is 10.1. The van der Waals surface area contributed by atoms with Gasteiger partial charge in [-0.15, -0.1) is 11.3 Å². The summed E-state index contributed by atoms with van der Waals surface area (Å²) in [6.45, 7) is 4.08. The second kappa shape index (κ2) is 4.15. The molecule has 0 amide bonds. The van der Waals surface area contributed by atoms with Gasteiger partial charge in [0.2, 0.25) is 0 Å². The van der Waals surface area contributed by atoms with Gasteiger partial charge in [-0.3, -0.25) is 0 Å². The second-order valence-electron chi connectivity index (χ2n) is 5.08. The van der Waals surface area contributed by atoms with Gasteiger partial charge in [0.05, 0.1) is 10.2 Å². The Kier molecular flexibility index (Phi) is 2.43. The smallest absolute Gasteiger partial charge is 0.124 e. The number of fused-ring (bicyclic) bond motifs is 2. The number of hydrogen-bond acceptors (Lipinski definition) is 3. The third-order valence-corrected chi connectivity index (χ3v) is 4.71. The number of hydrogen-bond donors (Lipinski definition) is 1. The Balaban J connectivity index is 1.85. The van der Waals surface area contributed by atoms with Crippen LogP contribution in [0.1, 0.15) is 16.7 Å². The zero-order chi connectivity index (χ0) is 12.8. The van der Waals surface area contributed by atoms with Crippen LogP contribution in [0.2, 0.25) is 0 Å². The van der Waals surface area contributed by atoms with Gasteiger partial charge in [0.25, 0.3) is 0 Å². The van der Waals surface area contributed by atoms with Gasteiger partial charge in [-0.25, -0.2) is 4.98 Å². The van der Waals surface area contributed by atoms with E-state index in [9.17, 15) is 0 Å². The summed E-state index contributed by atoms with van der Waals surface area (Å²) < 4.78 is 1.26. The van der Waals surface area contributed by atoms with Crippen LogP contribution in [-0.2, 0) is 13.1 Å². The van der Waals surface area contributed by atoms with Crippen LogP contribution in [-0.4, -0.2) is 4.98 Å². The predicted octanol–water partition coefficient (Wildman–Crippen LogP) is 3.87. The summed E-state index contributed by atoms with van der Waals surface area (Å²) in [7, 11) is 0. The van der Waals surface area contributed by atoms with Crippen LogP contribution in [0.25, 0.3) is 20.8 Å². The number of rotatable bonds is 1. The normalized spacial score (nSPS) is 13.9.